The van der Waals surface area contributed by atoms with E-state index in [9.17, 15) is 18.0 Å². The van der Waals surface area contributed by atoms with Gasteiger partial charge in [-0.15, -0.1) is 5.10 Å². The maximum atomic E-state index is 13.7. The minimum Gasteiger partial charge on any atom is -0.377 e. The average molecular weight is 419 g/mol. The molecule has 3 heterocycles. The first-order valence-corrected chi connectivity index (χ1v) is 9.87. The Kier molecular flexibility index (Phi) is 4.35. The molecule has 0 bridgehead atoms. The van der Waals surface area contributed by atoms with Crippen LogP contribution in [0.5, 0.6) is 0 Å². The van der Waals surface area contributed by atoms with Gasteiger partial charge in [-0.3, -0.25) is 9.78 Å². The molecule has 10 heteroatoms. The van der Waals surface area contributed by atoms with Crippen molar-refractivity contribution in [2.24, 2.45) is 0 Å². The minimum atomic E-state index is -4.54. The van der Waals surface area contributed by atoms with Gasteiger partial charge in [-0.05, 0) is 43.4 Å². The van der Waals surface area contributed by atoms with E-state index in [1.54, 1.807) is 6.07 Å². The van der Waals surface area contributed by atoms with Gasteiger partial charge in [0.05, 0.1) is 30.5 Å². The summed E-state index contributed by atoms with van der Waals surface area (Å²) >= 11 is 0. The molecule has 7 nitrogen and oxygen atoms in total. The molecule has 1 atom stereocenters. The smallest absolute Gasteiger partial charge is 0.377 e. The second-order valence-electron chi connectivity index (χ2n) is 7.87. The van der Waals surface area contributed by atoms with Crippen LogP contribution in [-0.2, 0) is 10.9 Å². The number of benzene rings is 1. The molecule has 158 valence electrons. The highest BCUT2D eigenvalue weighted by atomic mass is 19.4. The fraction of sp³-hybridized carbons (Fsp3) is 0.450. The molecule has 5 rings (SSSR count). The van der Waals surface area contributed by atoms with Crippen LogP contribution in [0.25, 0.3) is 16.7 Å². The Labute approximate surface area is 169 Å². The van der Waals surface area contributed by atoms with E-state index in [1.807, 2.05) is 11.8 Å². The maximum absolute atomic E-state index is 13.7. The summed E-state index contributed by atoms with van der Waals surface area (Å²) < 4.78 is 47.7. The Balaban J connectivity index is 1.60. The molecule has 2 aromatic heterocycles. The molecule has 2 fully saturated rings. The third kappa shape index (κ3) is 3.34. The number of aromatic amines is 1. The Morgan fingerprint density at radius 2 is 2.07 bits per heavy atom. The summed E-state index contributed by atoms with van der Waals surface area (Å²) in [6.07, 6.45) is -1.42. The van der Waals surface area contributed by atoms with Gasteiger partial charge in [0, 0.05) is 12.7 Å². The van der Waals surface area contributed by atoms with Crippen molar-refractivity contribution in [2.45, 2.75) is 37.9 Å². The molecule has 0 unspecified atom stereocenters. The molecule has 1 saturated heterocycles. The first kappa shape index (κ1) is 19.1. The van der Waals surface area contributed by atoms with Gasteiger partial charge in [-0.25, -0.2) is 4.68 Å². The van der Waals surface area contributed by atoms with Crippen molar-refractivity contribution in [2.75, 3.05) is 24.7 Å². The summed E-state index contributed by atoms with van der Waals surface area (Å²) in [5.74, 6) is 0.535. The quantitative estimate of drug-likeness (QED) is 0.706. The Morgan fingerprint density at radius 1 is 1.27 bits per heavy atom. The number of alkyl halides is 3. The summed E-state index contributed by atoms with van der Waals surface area (Å²) in [6.45, 7) is 3.50. The Hall–Kier alpha value is -2.88. The lowest BCUT2D eigenvalue weighted by Gasteiger charge is -2.33. The van der Waals surface area contributed by atoms with Crippen LogP contribution >= 0.6 is 0 Å². The zero-order chi connectivity index (χ0) is 21.0. The molecular weight excluding hydrogens is 399 g/mol. The predicted octanol–water partition coefficient (Wildman–Crippen LogP) is 3.23. The fourth-order valence-corrected chi connectivity index (χ4v) is 3.86. The summed E-state index contributed by atoms with van der Waals surface area (Å²) in [7, 11) is 0. The monoisotopic (exact) mass is 419 g/mol. The van der Waals surface area contributed by atoms with Crippen molar-refractivity contribution in [1.29, 1.82) is 0 Å². The first-order valence-electron chi connectivity index (χ1n) is 9.87. The number of morpholine rings is 1. The topological polar surface area (TPSA) is 76.0 Å². The zero-order valence-corrected chi connectivity index (χ0v) is 16.2. The molecule has 1 aliphatic carbocycles. The van der Waals surface area contributed by atoms with Gasteiger partial charge in [0.25, 0.3) is 5.56 Å². The summed E-state index contributed by atoms with van der Waals surface area (Å²) in [6, 6.07) is 4.32. The molecule has 0 spiro atoms. The van der Waals surface area contributed by atoms with E-state index in [2.05, 4.69) is 15.1 Å². The van der Waals surface area contributed by atoms with Gasteiger partial charge in [0.1, 0.15) is 5.39 Å². The molecular formula is C20H20F3N5O2. The van der Waals surface area contributed by atoms with E-state index >= 15 is 0 Å². The third-order valence-electron chi connectivity index (χ3n) is 5.64. The number of aromatic nitrogens is 4. The minimum absolute atomic E-state index is 0.00763. The molecule has 1 aromatic carbocycles. The van der Waals surface area contributed by atoms with Crippen molar-refractivity contribution < 1.29 is 17.9 Å². The number of hydrogen-bond acceptors (Lipinski definition) is 5. The number of nitrogens with one attached hydrogen (secondary N) is 1. The lowest BCUT2D eigenvalue weighted by Crippen LogP contribution is -2.45. The SMILES string of the molecule is C[C@@H]1COCCN1c1nc2nn(-c3ccc(C4CC4)cc3C(F)(F)F)cc2c(=O)[nH]1. The molecule has 1 N–H and O–H groups in total. The van der Waals surface area contributed by atoms with Crippen LogP contribution in [-0.4, -0.2) is 45.5 Å². The van der Waals surface area contributed by atoms with E-state index in [1.165, 1.54) is 18.3 Å². The van der Waals surface area contributed by atoms with Crippen molar-refractivity contribution in [3.05, 3.63) is 45.9 Å². The Morgan fingerprint density at radius 3 is 2.77 bits per heavy atom. The third-order valence-corrected chi connectivity index (χ3v) is 5.64. The molecule has 3 aromatic rings. The second-order valence-corrected chi connectivity index (χ2v) is 7.87. The highest BCUT2D eigenvalue weighted by Crippen LogP contribution is 2.43. The van der Waals surface area contributed by atoms with E-state index < -0.39 is 17.3 Å². The molecule has 30 heavy (non-hydrogen) atoms. The van der Waals surface area contributed by atoms with E-state index in [0.29, 0.717) is 31.3 Å². The highest BCUT2D eigenvalue weighted by Gasteiger charge is 2.36. The molecule has 0 amide bonds. The summed E-state index contributed by atoms with van der Waals surface area (Å²) in [5.41, 5.74) is -0.541. The predicted molar refractivity (Wildman–Crippen MR) is 104 cm³/mol. The van der Waals surface area contributed by atoms with Crippen LogP contribution in [0.4, 0.5) is 19.1 Å². The van der Waals surface area contributed by atoms with Crippen LogP contribution in [0.2, 0.25) is 0 Å². The number of anilines is 1. The lowest BCUT2D eigenvalue weighted by molar-refractivity contribution is -0.137. The number of ether oxygens (including phenoxy) is 1. The van der Waals surface area contributed by atoms with Crippen LogP contribution in [0.15, 0.2) is 29.2 Å². The molecule has 2 aliphatic rings. The number of fused-ring (bicyclic) bond motifs is 1. The van der Waals surface area contributed by atoms with Gasteiger partial charge in [0.2, 0.25) is 5.95 Å². The number of rotatable bonds is 3. The summed E-state index contributed by atoms with van der Waals surface area (Å²) in [5, 5.41) is 4.35. The number of nitrogens with zero attached hydrogens (tertiary/aromatic N) is 4. The Bertz CT molecular complexity index is 1170. The van der Waals surface area contributed by atoms with Gasteiger partial charge in [0.15, 0.2) is 5.65 Å². The summed E-state index contributed by atoms with van der Waals surface area (Å²) in [4.78, 5) is 21.6. The normalized spacial score (nSPS) is 20.1. The van der Waals surface area contributed by atoms with Crippen LogP contribution in [0, 0.1) is 0 Å². The molecule has 1 saturated carbocycles. The van der Waals surface area contributed by atoms with Gasteiger partial charge >= 0.3 is 6.18 Å². The van der Waals surface area contributed by atoms with E-state index in [4.69, 9.17) is 4.74 Å². The van der Waals surface area contributed by atoms with Gasteiger partial charge in [-0.1, -0.05) is 6.07 Å². The molecule has 1 aliphatic heterocycles. The van der Waals surface area contributed by atoms with E-state index in [-0.39, 0.29) is 28.7 Å². The number of hydrogen-bond donors (Lipinski definition) is 1. The van der Waals surface area contributed by atoms with Gasteiger partial charge < -0.3 is 9.64 Å². The van der Waals surface area contributed by atoms with Crippen LogP contribution in [0.3, 0.4) is 0 Å². The number of H-pyrrole nitrogens is 1. The average Bonchev–Trinajstić information content (AvgIpc) is 3.46. The van der Waals surface area contributed by atoms with Crippen molar-refractivity contribution >= 4 is 17.0 Å². The van der Waals surface area contributed by atoms with Gasteiger partial charge in [-0.2, -0.15) is 18.2 Å². The van der Waals surface area contributed by atoms with Crippen molar-refractivity contribution in [3.8, 4) is 5.69 Å². The maximum Gasteiger partial charge on any atom is 0.418 e. The largest absolute Gasteiger partial charge is 0.418 e. The second kappa shape index (κ2) is 6.83. The fourth-order valence-electron chi connectivity index (χ4n) is 3.86. The standard InChI is InChI=1S/C20H20F3N5O2/c1-11-10-30-7-6-27(11)19-24-17-14(18(29)25-19)9-28(26-17)16-5-4-13(12-2-3-12)8-15(16)20(21,22)23/h4-5,8-9,11-12H,2-3,6-7,10H2,1H3,(H,24,25,26,29)/t11-/m1/s1. The lowest BCUT2D eigenvalue weighted by atomic mass is 10.0. The van der Waals surface area contributed by atoms with Crippen molar-refractivity contribution in [1.82, 2.24) is 19.7 Å². The highest BCUT2D eigenvalue weighted by molar-refractivity contribution is 5.75. The van der Waals surface area contributed by atoms with E-state index in [0.717, 1.165) is 17.5 Å². The first-order chi connectivity index (χ1) is 14.3. The molecule has 0 radical (unpaired) electrons. The van der Waals surface area contributed by atoms with Crippen LogP contribution < -0.4 is 10.5 Å². The van der Waals surface area contributed by atoms with Crippen molar-refractivity contribution in [3.63, 3.8) is 0 Å². The zero-order valence-electron chi connectivity index (χ0n) is 16.2. The van der Waals surface area contributed by atoms with Crippen LogP contribution in [0.1, 0.15) is 36.8 Å². The number of halogens is 3.